The summed E-state index contributed by atoms with van der Waals surface area (Å²) < 4.78 is 1.94. The number of halogens is 1. The first kappa shape index (κ1) is 21.2. The Bertz CT molecular complexity index is 1210. The molecule has 3 aromatic carbocycles. The number of nitrogens with zero attached hydrogens (tertiary/aromatic N) is 3. The average molecular weight is 449 g/mol. The van der Waals surface area contributed by atoms with Gasteiger partial charge in [-0.05, 0) is 61.4 Å². The van der Waals surface area contributed by atoms with Gasteiger partial charge in [-0.15, -0.1) is 10.2 Å². The molecule has 4 rings (SSSR count). The molecule has 1 heterocycles. The predicted molar refractivity (Wildman–Crippen MR) is 127 cm³/mol. The number of hydrogen-bond donors (Lipinski definition) is 1. The fourth-order valence-electron chi connectivity index (χ4n) is 3.11. The molecule has 7 heteroatoms. The summed E-state index contributed by atoms with van der Waals surface area (Å²) in [6, 6.07) is 23.2. The number of anilines is 1. The van der Waals surface area contributed by atoms with Gasteiger partial charge in [0, 0.05) is 22.0 Å². The lowest BCUT2D eigenvalue weighted by molar-refractivity contribution is -0.113. The second-order valence-electron chi connectivity index (χ2n) is 7.12. The molecule has 0 atom stereocenters. The largest absolute Gasteiger partial charge is 0.325 e. The van der Waals surface area contributed by atoms with Gasteiger partial charge in [0.2, 0.25) is 5.91 Å². The van der Waals surface area contributed by atoms with Crippen LogP contribution in [0.25, 0.3) is 17.1 Å². The minimum absolute atomic E-state index is 0.0971. The number of hydrogen-bond acceptors (Lipinski definition) is 4. The van der Waals surface area contributed by atoms with Crippen LogP contribution in [0.15, 0.2) is 78.0 Å². The molecule has 0 aliphatic carbocycles. The number of amides is 1. The lowest BCUT2D eigenvalue weighted by Crippen LogP contribution is -2.14. The molecule has 0 bridgehead atoms. The standard InChI is InChI=1S/C24H21ClN4OS/c1-16-8-11-20(14-17(16)2)26-22(30)15-31-24-28-27-23(18-6-4-3-5-7-18)29(24)21-12-9-19(25)10-13-21/h3-14H,15H2,1-2H3,(H,26,30). The van der Waals surface area contributed by atoms with E-state index in [1.165, 1.54) is 17.3 Å². The number of carbonyl (C=O) groups is 1. The summed E-state index contributed by atoms with van der Waals surface area (Å²) in [5.41, 5.74) is 4.94. The third kappa shape index (κ3) is 4.98. The summed E-state index contributed by atoms with van der Waals surface area (Å²) in [7, 11) is 0. The zero-order chi connectivity index (χ0) is 21.8. The van der Waals surface area contributed by atoms with Gasteiger partial charge in [-0.25, -0.2) is 0 Å². The predicted octanol–water partition coefficient (Wildman–Crippen LogP) is 5.94. The Morgan fingerprint density at radius 1 is 0.968 bits per heavy atom. The lowest BCUT2D eigenvalue weighted by atomic mass is 10.1. The number of rotatable bonds is 6. The molecule has 5 nitrogen and oxygen atoms in total. The van der Waals surface area contributed by atoms with Gasteiger partial charge < -0.3 is 5.32 Å². The molecule has 0 aliphatic rings. The summed E-state index contributed by atoms with van der Waals surface area (Å²) >= 11 is 7.41. The first-order chi connectivity index (χ1) is 15.0. The van der Waals surface area contributed by atoms with Gasteiger partial charge in [-0.3, -0.25) is 9.36 Å². The average Bonchev–Trinajstić information content (AvgIpc) is 3.20. The molecular weight excluding hydrogens is 428 g/mol. The molecule has 0 spiro atoms. The zero-order valence-electron chi connectivity index (χ0n) is 17.2. The van der Waals surface area contributed by atoms with Crippen LogP contribution in [0.3, 0.4) is 0 Å². The van der Waals surface area contributed by atoms with Crippen LogP contribution >= 0.6 is 23.4 Å². The van der Waals surface area contributed by atoms with Crippen LogP contribution in [0.5, 0.6) is 0 Å². The Labute approximate surface area is 190 Å². The lowest BCUT2D eigenvalue weighted by Gasteiger charge is -2.11. The van der Waals surface area contributed by atoms with Crippen molar-refractivity contribution in [1.29, 1.82) is 0 Å². The highest BCUT2D eigenvalue weighted by molar-refractivity contribution is 7.99. The van der Waals surface area contributed by atoms with Crippen LogP contribution in [0.1, 0.15) is 11.1 Å². The number of benzene rings is 3. The van der Waals surface area contributed by atoms with Crippen molar-refractivity contribution in [3.05, 3.63) is 88.9 Å². The monoisotopic (exact) mass is 448 g/mol. The van der Waals surface area contributed by atoms with Crippen LogP contribution in [0.4, 0.5) is 5.69 Å². The van der Waals surface area contributed by atoms with Crippen LogP contribution in [-0.2, 0) is 4.79 Å². The molecule has 1 amide bonds. The Kier molecular flexibility index (Phi) is 6.39. The summed E-state index contributed by atoms with van der Waals surface area (Å²) in [5, 5.41) is 13.0. The number of thioether (sulfide) groups is 1. The third-order valence-corrected chi connectivity index (χ3v) is 6.05. The number of aryl methyl sites for hydroxylation is 2. The normalized spacial score (nSPS) is 10.8. The summed E-state index contributed by atoms with van der Waals surface area (Å²) in [5.74, 6) is 0.827. The van der Waals surface area contributed by atoms with E-state index >= 15 is 0 Å². The number of aromatic nitrogens is 3. The van der Waals surface area contributed by atoms with E-state index < -0.39 is 0 Å². The first-order valence-corrected chi connectivity index (χ1v) is 11.1. The van der Waals surface area contributed by atoms with Crippen molar-refractivity contribution >= 4 is 35.0 Å². The molecule has 0 saturated heterocycles. The van der Waals surface area contributed by atoms with Crippen LogP contribution in [0.2, 0.25) is 5.02 Å². The van der Waals surface area contributed by atoms with Crippen molar-refractivity contribution in [2.45, 2.75) is 19.0 Å². The van der Waals surface area contributed by atoms with E-state index in [-0.39, 0.29) is 11.7 Å². The second kappa shape index (κ2) is 9.37. The Hall–Kier alpha value is -3.09. The first-order valence-electron chi connectivity index (χ1n) is 9.78. The molecule has 0 radical (unpaired) electrons. The molecule has 156 valence electrons. The van der Waals surface area contributed by atoms with E-state index in [1.54, 1.807) is 0 Å². The molecule has 1 N–H and O–H groups in total. The Morgan fingerprint density at radius 2 is 1.71 bits per heavy atom. The maximum atomic E-state index is 12.5. The van der Waals surface area contributed by atoms with Gasteiger partial charge in [0.15, 0.2) is 11.0 Å². The maximum Gasteiger partial charge on any atom is 0.234 e. The molecule has 0 saturated carbocycles. The van der Waals surface area contributed by atoms with Gasteiger partial charge in [0.05, 0.1) is 5.75 Å². The Morgan fingerprint density at radius 3 is 2.42 bits per heavy atom. The fraction of sp³-hybridized carbons (Fsp3) is 0.125. The SMILES string of the molecule is Cc1ccc(NC(=O)CSc2nnc(-c3ccccc3)n2-c2ccc(Cl)cc2)cc1C. The van der Waals surface area contributed by atoms with Crippen molar-refractivity contribution in [2.24, 2.45) is 0 Å². The van der Waals surface area contributed by atoms with Gasteiger partial charge in [-0.2, -0.15) is 0 Å². The molecule has 0 aliphatic heterocycles. The van der Waals surface area contributed by atoms with E-state index in [0.717, 1.165) is 22.5 Å². The molecule has 0 fully saturated rings. The topological polar surface area (TPSA) is 59.8 Å². The van der Waals surface area contributed by atoms with Gasteiger partial charge in [0.25, 0.3) is 0 Å². The van der Waals surface area contributed by atoms with Crippen LogP contribution in [-0.4, -0.2) is 26.4 Å². The Balaban J connectivity index is 1.57. The van der Waals surface area contributed by atoms with E-state index in [0.29, 0.717) is 16.0 Å². The van der Waals surface area contributed by atoms with Crippen LogP contribution in [0, 0.1) is 13.8 Å². The van der Waals surface area contributed by atoms with E-state index in [9.17, 15) is 4.79 Å². The summed E-state index contributed by atoms with van der Waals surface area (Å²) in [4.78, 5) is 12.5. The quantitative estimate of drug-likeness (QED) is 0.371. The summed E-state index contributed by atoms with van der Waals surface area (Å²) in [6.45, 7) is 4.07. The zero-order valence-corrected chi connectivity index (χ0v) is 18.7. The number of nitrogens with one attached hydrogen (secondary N) is 1. The van der Waals surface area contributed by atoms with Crippen molar-refractivity contribution in [3.8, 4) is 17.1 Å². The fourth-order valence-corrected chi connectivity index (χ4v) is 3.98. The minimum atomic E-state index is -0.0971. The molecule has 4 aromatic rings. The van der Waals surface area contributed by atoms with Gasteiger partial charge in [-0.1, -0.05) is 59.8 Å². The van der Waals surface area contributed by atoms with Crippen molar-refractivity contribution < 1.29 is 4.79 Å². The van der Waals surface area contributed by atoms with Crippen LogP contribution < -0.4 is 5.32 Å². The molecule has 1 aromatic heterocycles. The van der Waals surface area contributed by atoms with Crippen molar-refractivity contribution in [1.82, 2.24) is 14.8 Å². The van der Waals surface area contributed by atoms with Gasteiger partial charge in [0.1, 0.15) is 0 Å². The van der Waals surface area contributed by atoms with E-state index in [2.05, 4.69) is 15.5 Å². The highest BCUT2D eigenvalue weighted by atomic mass is 35.5. The van der Waals surface area contributed by atoms with Crippen molar-refractivity contribution in [2.75, 3.05) is 11.1 Å². The smallest absolute Gasteiger partial charge is 0.234 e. The van der Waals surface area contributed by atoms with E-state index in [1.807, 2.05) is 91.2 Å². The van der Waals surface area contributed by atoms with Gasteiger partial charge >= 0.3 is 0 Å². The van der Waals surface area contributed by atoms with Crippen molar-refractivity contribution in [3.63, 3.8) is 0 Å². The number of carbonyl (C=O) groups excluding carboxylic acids is 1. The molecular formula is C24H21ClN4OS. The molecule has 31 heavy (non-hydrogen) atoms. The highest BCUT2D eigenvalue weighted by Gasteiger charge is 2.17. The molecule has 0 unspecified atom stereocenters. The minimum Gasteiger partial charge on any atom is -0.325 e. The third-order valence-electron chi connectivity index (χ3n) is 4.87. The summed E-state index contributed by atoms with van der Waals surface area (Å²) in [6.07, 6.45) is 0. The highest BCUT2D eigenvalue weighted by Crippen LogP contribution is 2.28. The van der Waals surface area contributed by atoms with E-state index in [4.69, 9.17) is 11.6 Å². The second-order valence-corrected chi connectivity index (χ2v) is 8.50. The maximum absolute atomic E-state index is 12.5.